The standard InChI is InChI=1S/C33H26ClN/c1-33(2)30-17-8-6-16-28(30)29-20-19-26(22-31(29)33)35(25-14-10-13-24(34)21-25)32-18-9-7-15-27(32)23-11-4-3-5-12-23/h3-22H,1-2H3. The van der Waals surface area contributed by atoms with E-state index < -0.39 is 0 Å². The minimum atomic E-state index is -0.0686. The Labute approximate surface area is 212 Å². The molecule has 1 aliphatic carbocycles. The summed E-state index contributed by atoms with van der Waals surface area (Å²) >= 11 is 6.49. The van der Waals surface area contributed by atoms with Crippen LogP contribution in [0.15, 0.2) is 121 Å². The van der Waals surface area contributed by atoms with Crippen molar-refractivity contribution in [1.82, 2.24) is 0 Å². The van der Waals surface area contributed by atoms with Gasteiger partial charge in [0.15, 0.2) is 0 Å². The van der Waals surface area contributed by atoms with E-state index in [2.05, 4.69) is 122 Å². The fourth-order valence-corrected chi connectivity index (χ4v) is 5.59. The summed E-state index contributed by atoms with van der Waals surface area (Å²) in [5.74, 6) is 0. The summed E-state index contributed by atoms with van der Waals surface area (Å²) in [5.41, 5.74) is 10.9. The molecule has 0 saturated carbocycles. The lowest BCUT2D eigenvalue weighted by atomic mass is 9.82. The molecule has 6 rings (SSSR count). The molecule has 1 nitrogen and oxygen atoms in total. The lowest BCUT2D eigenvalue weighted by molar-refractivity contribution is 0.660. The van der Waals surface area contributed by atoms with Gasteiger partial charge in [0.2, 0.25) is 0 Å². The first-order chi connectivity index (χ1) is 17.0. The number of hydrogen-bond acceptors (Lipinski definition) is 1. The molecule has 0 aliphatic heterocycles. The Bertz CT molecular complexity index is 1530. The highest BCUT2D eigenvalue weighted by atomic mass is 35.5. The van der Waals surface area contributed by atoms with E-state index in [4.69, 9.17) is 11.6 Å². The van der Waals surface area contributed by atoms with E-state index in [-0.39, 0.29) is 5.41 Å². The lowest BCUT2D eigenvalue weighted by Crippen LogP contribution is -2.16. The molecule has 0 bridgehead atoms. The van der Waals surface area contributed by atoms with Crippen molar-refractivity contribution in [1.29, 1.82) is 0 Å². The fraction of sp³-hybridized carbons (Fsp3) is 0.0909. The van der Waals surface area contributed by atoms with E-state index in [0.717, 1.165) is 22.1 Å². The minimum absolute atomic E-state index is 0.0686. The first-order valence-electron chi connectivity index (χ1n) is 12.0. The van der Waals surface area contributed by atoms with Crippen molar-refractivity contribution < 1.29 is 0 Å². The number of nitrogens with zero attached hydrogens (tertiary/aromatic N) is 1. The Morgan fingerprint density at radius 1 is 0.543 bits per heavy atom. The summed E-state index contributed by atoms with van der Waals surface area (Å²) in [6.45, 7) is 4.65. The van der Waals surface area contributed by atoms with Crippen LogP contribution in [0.2, 0.25) is 5.02 Å². The molecule has 0 aromatic heterocycles. The van der Waals surface area contributed by atoms with Gasteiger partial charge in [-0.15, -0.1) is 0 Å². The van der Waals surface area contributed by atoms with E-state index >= 15 is 0 Å². The molecule has 2 heteroatoms. The number of para-hydroxylation sites is 1. The van der Waals surface area contributed by atoms with Crippen LogP contribution in [0.4, 0.5) is 17.1 Å². The summed E-state index contributed by atoms with van der Waals surface area (Å²) in [6.07, 6.45) is 0. The van der Waals surface area contributed by atoms with Crippen LogP contribution in [0.1, 0.15) is 25.0 Å². The van der Waals surface area contributed by atoms with Crippen molar-refractivity contribution in [2.75, 3.05) is 4.90 Å². The second-order valence-electron chi connectivity index (χ2n) is 9.60. The number of anilines is 3. The molecule has 0 unspecified atom stereocenters. The highest BCUT2D eigenvalue weighted by Gasteiger charge is 2.35. The van der Waals surface area contributed by atoms with Crippen LogP contribution >= 0.6 is 11.6 Å². The number of halogens is 1. The summed E-state index contributed by atoms with van der Waals surface area (Å²) in [6, 6.07) is 42.9. The predicted octanol–water partition coefficient (Wildman–Crippen LogP) is 9.78. The van der Waals surface area contributed by atoms with Gasteiger partial charge in [0, 0.05) is 27.4 Å². The third-order valence-corrected chi connectivity index (χ3v) is 7.36. The largest absolute Gasteiger partial charge is 0.310 e. The Kier molecular flexibility index (Phi) is 5.24. The highest BCUT2D eigenvalue weighted by molar-refractivity contribution is 6.30. The maximum atomic E-state index is 6.49. The van der Waals surface area contributed by atoms with Gasteiger partial charge in [0.05, 0.1) is 5.69 Å². The first-order valence-corrected chi connectivity index (χ1v) is 12.4. The van der Waals surface area contributed by atoms with Gasteiger partial charge in [0.25, 0.3) is 0 Å². The van der Waals surface area contributed by atoms with Crippen molar-refractivity contribution in [3.63, 3.8) is 0 Å². The minimum Gasteiger partial charge on any atom is -0.310 e. The van der Waals surface area contributed by atoms with Crippen molar-refractivity contribution in [2.45, 2.75) is 19.3 Å². The molecule has 170 valence electrons. The van der Waals surface area contributed by atoms with Gasteiger partial charge < -0.3 is 4.90 Å². The van der Waals surface area contributed by atoms with Crippen LogP contribution in [0.3, 0.4) is 0 Å². The van der Waals surface area contributed by atoms with Crippen molar-refractivity contribution in [3.8, 4) is 22.3 Å². The van der Waals surface area contributed by atoms with Gasteiger partial charge in [0.1, 0.15) is 0 Å². The fourth-order valence-electron chi connectivity index (χ4n) is 5.40. The maximum absolute atomic E-state index is 6.49. The van der Waals surface area contributed by atoms with Gasteiger partial charge >= 0.3 is 0 Å². The number of benzene rings is 5. The van der Waals surface area contributed by atoms with Gasteiger partial charge in [-0.25, -0.2) is 0 Å². The normalized spacial score (nSPS) is 13.2. The summed E-state index contributed by atoms with van der Waals surface area (Å²) in [7, 11) is 0. The summed E-state index contributed by atoms with van der Waals surface area (Å²) in [4.78, 5) is 2.33. The lowest BCUT2D eigenvalue weighted by Gasteiger charge is -2.30. The third-order valence-electron chi connectivity index (χ3n) is 7.12. The second-order valence-corrected chi connectivity index (χ2v) is 10.0. The van der Waals surface area contributed by atoms with Crippen LogP contribution in [0.5, 0.6) is 0 Å². The molecule has 1 aliphatic rings. The molecular formula is C33H26ClN. The molecule has 5 aromatic carbocycles. The van der Waals surface area contributed by atoms with E-state index in [0.29, 0.717) is 0 Å². The van der Waals surface area contributed by atoms with E-state index in [1.165, 1.54) is 33.4 Å². The average molecular weight is 472 g/mol. The van der Waals surface area contributed by atoms with Crippen LogP contribution in [-0.4, -0.2) is 0 Å². The zero-order valence-corrected chi connectivity index (χ0v) is 20.6. The molecule has 0 atom stereocenters. The molecule has 5 aromatic rings. The SMILES string of the molecule is CC1(C)c2ccccc2-c2ccc(N(c3cccc(Cl)c3)c3ccccc3-c3ccccc3)cc21. The smallest absolute Gasteiger partial charge is 0.0540 e. The topological polar surface area (TPSA) is 3.24 Å². The molecule has 0 amide bonds. The first kappa shape index (κ1) is 21.7. The summed E-state index contributed by atoms with van der Waals surface area (Å²) in [5, 5.41) is 0.721. The van der Waals surface area contributed by atoms with Crippen LogP contribution < -0.4 is 4.90 Å². The van der Waals surface area contributed by atoms with Crippen LogP contribution in [-0.2, 0) is 5.41 Å². The Morgan fingerprint density at radius 2 is 1.20 bits per heavy atom. The summed E-state index contributed by atoms with van der Waals surface area (Å²) < 4.78 is 0. The van der Waals surface area contributed by atoms with Gasteiger partial charge in [-0.2, -0.15) is 0 Å². The van der Waals surface area contributed by atoms with Crippen molar-refractivity contribution in [3.05, 3.63) is 137 Å². The Morgan fingerprint density at radius 3 is 2.00 bits per heavy atom. The Hall–Kier alpha value is -3.81. The maximum Gasteiger partial charge on any atom is 0.0540 e. The molecule has 0 N–H and O–H groups in total. The number of fused-ring (bicyclic) bond motifs is 3. The van der Waals surface area contributed by atoms with Crippen LogP contribution in [0.25, 0.3) is 22.3 Å². The molecule has 0 fully saturated rings. The zero-order valence-electron chi connectivity index (χ0n) is 19.9. The molecule has 0 spiro atoms. The van der Waals surface area contributed by atoms with Gasteiger partial charge in [-0.1, -0.05) is 110 Å². The van der Waals surface area contributed by atoms with E-state index in [1.807, 2.05) is 18.2 Å². The van der Waals surface area contributed by atoms with Crippen LogP contribution in [0, 0.1) is 0 Å². The van der Waals surface area contributed by atoms with Gasteiger partial charge in [-0.3, -0.25) is 0 Å². The molecular weight excluding hydrogens is 446 g/mol. The molecule has 0 radical (unpaired) electrons. The molecule has 0 saturated heterocycles. The van der Waals surface area contributed by atoms with Crippen molar-refractivity contribution >= 4 is 28.7 Å². The highest BCUT2D eigenvalue weighted by Crippen LogP contribution is 2.51. The number of hydrogen-bond donors (Lipinski definition) is 0. The van der Waals surface area contributed by atoms with E-state index in [9.17, 15) is 0 Å². The molecule has 0 heterocycles. The average Bonchev–Trinajstić information content (AvgIpc) is 3.12. The quantitative estimate of drug-likeness (QED) is 0.252. The second kappa shape index (κ2) is 8.45. The predicted molar refractivity (Wildman–Crippen MR) is 149 cm³/mol. The molecule has 35 heavy (non-hydrogen) atoms. The Balaban J connectivity index is 1.58. The third kappa shape index (κ3) is 3.64. The van der Waals surface area contributed by atoms with Gasteiger partial charge in [-0.05, 0) is 64.2 Å². The van der Waals surface area contributed by atoms with E-state index in [1.54, 1.807) is 0 Å². The number of rotatable bonds is 4. The monoisotopic (exact) mass is 471 g/mol. The zero-order chi connectivity index (χ0) is 24.0. The van der Waals surface area contributed by atoms with Crippen molar-refractivity contribution in [2.24, 2.45) is 0 Å².